The van der Waals surface area contributed by atoms with E-state index in [1.165, 1.54) is 0 Å². The van der Waals surface area contributed by atoms with Crippen LogP contribution in [-0.2, 0) is 22.3 Å². The van der Waals surface area contributed by atoms with E-state index >= 15 is 0 Å². The zero-order valence-electron chi connectivity index (χ0n) is 15.0. The fraction of sp³-hybridized carbons (Fsp3) is 0.500. The van der Waals surface area contributed by atoms with Crippen LogP contribution in [0.25, 0.3) is 0 Å². The zero-order chi connectivity index (χ0) is 18.0. The van der Waals surface area contributed by atoms with Gasteiger partial charge in [-0.25, -0.2) is 8.42 Å². The second-order valence-electron chi connectivity index (χ2n) is 6.72. The third-order valence-corrected chi connectivity index (χ3v) is 6.57. The van der Waals surface area contributed by atoms with E-state index < -0.39 is 10.0 Å². The molecule has 136 valence electrons. The molecule has 2 aromatic rings. The van der Waals surface area contributed by atoms with Gasteiger partial charge in [-0.05, 0) is 26.3 Å². The van der Waals surface area contributed by atoms with Crippen molar-refractivity contribution >= 4 is 10.0 Å². The summed E-state index contributed by atoms with van der Waals surface area (Å²) in [5.41, 5.74) is 3.94. The van der Waals surface area contributed by atoms with Crippen molar-refractivity contribution in [2.45, 2.75) is 33.1 Å². The Morgan fingerprint density at radius 1 is 1.12 bits per heavy atom. The van der Waals surface area contributed by atoms with Crippen LogP contribution in [0.4, 0.5) is 0 Å². The number of hydrogen-bond donors (Lipinski definition) is 0. The minimum Gasteiger partial charge on any atom is -0.361 e. The summed E-state index contributed by atoms with van der Waals surface area (Å²) >= 11 is 0. The van der Waals surface area contributed by atoms with Crippen LogP contribution in [0.5, 0.6) is 0 Å². The quantitative estimate of drug-likeness (QED) is 0.815. The van der Waals surface area contributed by atoms with Crippen molar-refractivity contribution in [2.75, 3.05) is 26.2 Å². The third-order valence-electron chi connectivity index (χ3n) is 4.72. The minimum absolute atomic E-state index is 0.0680. The zero-order valence-corrected chi connectivity index (χ0v) is 15.8. The number of rotatable bonds is 5. The first-order valence-corrected chi connectivity index (χ1v) is 10.1. The molecule has 0 bridgehead atoms. The first kappa shape index (κ1) is 18.1. The molecule has 0 atom stereocenters. The van der Waals surface area contributed by atoms with E-state index in [-0.39, 0.29) is 5.75 Å². The van der Waals surface area contributed by atoms with Crippen LogP contribution < -0.4 is 0 Å². The van der Waals surface area contributed by atoms with E-state index in [2.05, 4.69) is 10.1 Å². The van der Waals surface area contributed by atoms with Crippen molar-refractivity contribution < 1.29 is 12.9 Å². The summed E-state index contributed by atoms with van der Waals surface area (Å²) in [4.78, 5) is 2.26. The molecule has 1 aliphatic rings. The largest absolute Gasteiger partial charge is 0.361 e. The normalized spacial score (nSPS) is 17.1. The molecule has 1 aromatic heterocycles. The van der Waals surface area contributed by atoms with Crippen LogP contribution in [0.3, 0.4) is 0 Å². The van der Waals surface area contributed by atoms with Crippen molar-refractivity contribution in [3.8, 4) is 0 Å². The lowest BCUT2D eigenvalue weighted by atomic mass is 10.2. The molecule has 0 N–H and O–H groups in total. The Hall–Kier alpha value is -1.70. The Kier molecular flexibility index (Phi) is 5.27. The van der Waals surface area contributed by atoms with E-state index in [1.54, 1.807) is 4.31 Å². The number of hydrogen-bond acceptors (Lipinski definition) is 5. The highest BCUT2D eigenvalue weighted by Crippen LogP contribution is 2.18. The Morgan fingerprint density at radius 3 is 2.44 bits per heavy atom. The molecular formula is C18H25N3O3S. The highest BCUT2D eigenvalue weighted by molar-refractivity contribution is 7.88. The molecule has 25 heavy (non-hydrogen) atoms. The van der Waals surface area contributed by atoms with Gasteiger partial charge < -0.3 is 4.52 Å². The van der Waals surface area contributed by atoms with Crippen LogP contribution in [0.2, 0.25) is 0 Å². The fourth-order valence-corrected chi connectivity index (χ4v) is 4.72. The number of piperazine rings is 1. The number of aromatic nitrogens is 1. The average molecular weight is 363 g/mol. The summed E-state index contributed by atoms with van der Waals surface area (Å²) in [7, 11) is -3.28. The maximum atomic E-state index is 12.7. The van der Waals surface area contributed by atoms with Gasteiger partial charge in [-0.1, -0.05) is 35.0 Å². The summed E-state index contributed by atoms with van der Waals surface area (Å²) in [5.74, 6) is 0.908. The van der Waals surface area contributed by atoms with Gasteiger partial charge in [-0.3, -0.25) is 4.90 Å². The fourth-order valence-electron chi connectivity index (χ4n) is 3.22. The monoisotopic (exact) mass is 363 g/mol. The van der Waals surface area contributed by atoms with E-state index in [0.29, 0.717) is 13.1 Å². The van der Waals surface area contributed by atoms with Crippen molar-refractivity contribution in [3.63, 3.8) is 0 Å². The minimum atomic E-state index is -3.28. The standard InChI is InChI=1S/C18H25N3O3S/c1-14-5-4-6-17(11-14)13-25(22,23)21-9-7-20(8-10-21)12-18-15(2)19-24-16(18)3/h4-6,11H,7-10,12-13H2,1-3H3. The lowest BCUT2D eigenvalue weighted by Crippen LogP contribution is -2.48. The average Bonchev–Trinajstić information content (AvgIpc) is 2.87. The van der Waals surface area contributed by atoms with Crippen LogP contribution in [0.15, 0.2) is 28.8 Å². The van der Waals surface area contributed by atoms with E-state index in [9.17, 15) is 8.42 Å². The highest BCUT2D eigenvalue weighted by atomic mass is 32.2. The molecule has 7 heteroatoms. The molecule has 0 radical (unpaired) electrons. The predicted molar refractivity (Wildman–Crippen MR) is 96.6 cm³/mol. The highest BCUT2D eigenvalue weighted by Gasteiger charge is 2.27. The summed E-state index contributed by atoms with van der Waals surface area (Å²) in [6.45, 7) is 9.08. The molecule has 2 heterocycles. The molecule has 3 rings (SSSR count). The number of benzene rings is 1. The Labute approximate surface area is 149 Å². The van der Waals surface area contributed by atoms with Crippen LogP contribution in [0, 0.1) is 20.8 Å². The Balaban J connectivity index is 1.59. The second kappa shape index (κ2) is 7.27. The summed E-state index contributed by atoms with van der Waals surface area (Å²) < 4.78 is 32.2. The van der Waals surface area contributed by atoms with Gasteiger partial charge in [0.05, 0.1) is 11.4 Å². The van der Waals surface area contributed by atoms with E-state index in [0.717, 1.165) is 47.8 Å². The first-order chi connectivity index (χ1) is 11.8. The molecule has 0 spiro atoms. The molecule has 1 aromatic carbocycles. The van der Waals surface area contributed by atoms with Crippen molar-refractivity contribution in [1.82, 2.24) is 14.4 Å². The molecule has 1 fully saturated rings. The molecule has 0 aliphatic carbocycles. The van der Waals surface area contributed by atoms with Crippen LogP contribution in [0.1, 0.15) is 28.1 Å². The van der Waals surface area contributed by atoms with Gasteiger partial charge in [0.1, 0.15) is 5.76 Å². The van der Waals surface area contributed by atoms with Crippen molar-refractivity contribution in [2.24, 2.45) is 0 Å². The smallest absolute Gasteiger partial charge is 0.218 e. The van der Waals surface area contributed by atoms with Gasteiger partial charge in [0, 0.05) is 38.3 Å². The maximum Gasteiger partial charge on any atom is 0.218 e. The molecule has 0 saturated carbocycles. The second-order valence-corrected chi connectivity index (χ2v) is 8.69. The summed E-state index contributed by atoms with van der Waals surface area (Å²) in [5, 5.41) is 3.98. The molecule has 0 amide bonds. The summed E-state index contributed by atoms with van der Waals surface area (Å²) in [6, 6.07) is 7.69. The van der Waals surface area contributed by atoms with Gasteiger partial charge in [0.15, 0.2) is 0 Å². The maximum absolute atomic E-state index is 12.7. The van der Waals surface area contributed by atoms with Gasteiger partial charge >= 0.3 is 0 Å². The number of nitrogens with zero attached hydrogens (tertiary/aromatic N) is 3. The lowest BCUT2D eigenvalue weighted by molar-refractivity contribution is 0.180. The molecule has 6 nitrogen and oxygen atoms in total. The molecule has 1 aliphatic heterocycles. The van der Waals surface area contributed by atoms with E-state index in [4.69, 9.17) is 4.52 Å². The molecule has 1 saturated heterocycles. The number of sulfonamides is 1. The van der Waals surface area contributed by atoms with Crippen molar-refractivity contribution in [1.29, 1.82) is 0 Å². The molecular weight excluding hydrogens is 338 g/mol. The topological polar surface area (TPSA) is 66.7 Å². The van der Waals surface area contributed by atoms with Gasteiger partial charge in [-0.15, -0.1) is 0 Å². The van der Waals surface area contributed by atoms with Crippen LogP contribution >= 0.6 is 0 Å². The SMILES string of the molecule is Cc1cccc(CS(=O)(=O)N2CCN(Cc3c(C)noc3C)CC2)c1. The first-order valence-electron chi connectivity index (χ1n) is 8.52. The molecule has 0 unspecified atom stereocenters. The number of aryl methyl sites for hydroxylation is 3. The van der Waals surface area contributed by atoms with E-state index in [1.807, 2.05) is 45.0 Å². The Morgan fingerprint density at radius 2 is 1.84 bits per heavy atom. The predicted octanol–water partition coefficient (Wildman–Crippen LogP) is 2.25. The van der Waals surface area contributed by atoms with Crippen LogP contribution in [-0.4, -0.2) is 49.0 Å². The van der Waals surface area contributed by atoms with Gasteiger partial charge in [0.25, 0.3) is 0 Å². The summed E-state index contributed by atoms with van der Waals surface area (Å²) in [6.07, 6.45) is 0. The lowest BCUT2D eigenvalue weighted by Gasteiger charge is -2.34. The Bertz CT molecular complexity index is 818. The van der Waals surface area contributed by atoms with Gasteiger partial charge in [-0.2, -0.15) is 4.31 Å². The third kappa shape index (κ3) is 4.29. The van der Waals surface area contributed by atoms with Crippen molar-refractivity contribution in [3.05, 3.63) is 52.4 Å². The van der Waals surface area contributed by atoms with Gasteiger partial charge in [0.2, 0.25) is 10.0 Å².